The third-order valence-electron chi connectivity index (χ3n) is 4.32. The van der Waals surface area contributed by atoms with E-state index >= 15 is 0 Å². The summed E-state index contributed by atoms with van der Waals surface area (Å²) in [6, 6.07) is 18.3. The van der Waals surface area contributed by atoms with Crippen molar-refractivity contribution in [3.05, 3.63) is 72.1 Å². The van der Waals surface area contributed by atoms with Crippen LogP contribution in [0.1, 0.15) is 31.9 Å². The maximum atomic E-state index is 5.18. The molecule has 3 rings (SSSR count). The molecule has 0 spiro atoms. The van der Waals surface area contributed by atoms with E-state index in [9.17, 15) is 0 Å². The molecule has 5 heteroatoms. The van der Waals surface area contributed by atoms with Gasteiger partial charge in [-0.25, -0.2) is 9.97 Å². The van der Waals surface area contributed by atoms with E-state index in [2.05, 4.69) is 65.6 Å². The Bertz CT molecular complexity index is 868. The van der Waals surface area contributed by atoms with Crippen LogP contribution in [0.4, 0.5) is 17.3 Å². The van der Waals surface area contributed by atoms with E-state index in [1.807, 2.05) is 30.3 Å². The Morgan fingerprint density at radius 2 is 1.56 bits per heavy atom. The topological polar surface area (TPSA) is 59.1 Å². The van der Waals surface area contributed by atoms with E-state index in [1.165, 1.54) is 5.56 Å². The first-order valence-electron chi connectivity index (χ1n) is 9.00. The van der Waals surface area contributed by atoms with E-state index in [1.54, 1.807) is 13.4 Å². The zero-order valence-electron chi connectivity index (χ0n) is 16.3. The first kappa shape index (κ1) is 18.7. The lowest BCUT2D eigenvalue weighted by Crippen LogP contribution is -2.10. The smallest absolute Gasteiger partial charge is 0.135 e. The van der Waals surface area contributed by atoms with Gasteiger partial charge in [0.15, 0.2) is 0 Å². The van der Waals surface area contributed by atoms with E-state index in [4.69, 9.17) is 4.74 Å². The zero-order valence-corrected chi connectivity index (χ0v) is 16.3. The lowest BCUT2D eigenvalue weighted by atomic mass is 9.87. The molecule has 2 aromatic carbocycles. The lowest BCUT2D eigenvalue weighted by Gasteiger charge is -2.19. The molecule has 0 fully saturated rings. The van der Waals surface area contributed by atoms with E-state index in [0.29, 0.717) is 6.54 Å². The number of ether oxygens (including phenoxy) is 1. The second-order valence-electron chi connectivity index (χ2n) is 7.44. The van der Waals surface area contributed by atoms with Gasteiger partial charge in [0.2, 0.25) is 0 Å². The quantitative estimate of drug-likeness (QED) is 0.636. The van der Waals surface area contributed by atoms with Crippen molar-refractivity contribution in [1.82, 2.24) is 9.97 Å². The standard InChI is InChI=1S/C22H26N4O/c1-22(2,3)17-7-9-18(10-8-17)26-21-13-20(24-15-25-21)23-14-16-5-11-19(27-4)12-6-16/h5-13,15H,14H2,1-4H3,(H2,23,24,25,26). The van der Waals surface area contributed by atoms with E-state index < -0.39 is 0 Å². The van der Waals surface area contributed by atoms with E-state index in [0.717, 1.165) is 28.6 Å². The molecule has 1 aromatic heterocycles. The van der Waals surface area contributed by atoms with Crippen molar-refractivity contribution in [3.63, 3.8) is 0 Å². The van der Waals surface area contributed by atoms with Crippen LogP contribution in [0.25, 0.3) is 0 Å². The maximum Gasteiger partial charge on any atom is 0.135 e. The number of nitrogens with zero attached hydrogens (tertiary/aromatic N) is 2. The van der Waals surface area contributed by atoms with Gasteiger partial charge in [0.05, 0.1) is 7.11 Å². The predicted molar refractivity (Wildman–Crippen MR) is 111 cm³/mol. The lowest BCUT2D eigenvalue weighted by molar-refractivity contribution is 0.414. The molecule has 27 heavy (non-hydrogen) atoms. The van der Waals surface area contributed by atoms with Gasteiger partial charge in [-0.15, -0.1) is 0 Å². The Morgan fingerprint density at radius 1 is 0.889 bits per heavy atom. The van der Waals surface area contributed by atoms with Gasteiger partial charge in [0.1, 0.15) is 23.7 Å². The molecule has 0 aliphatic heterocycles. The maximum absolute atomic E-state index is 5.18. The zero-order chi connectivity index (χ0) is 19.3. The Morgan fingerprint density at radius 3 is 2.19 bits per heavy atom. The number of rotatable bonds is 6. The predicted octanol–water partition coefficient (Wildman–Crippen LogP) is 5.14. The highest BCUT2D eigenvalue weighted by atomic mass is 16.5. The van der Waals surface area contributed by atoms with Gasteiger partial charge in [0, 0.05) is 18.3 Å². The minimum Gasteiger partial charge on any atom is -0.497 e. The summed E-state index contributed by atoms with van der Waals surface area (Å²) in [5.74, 6) is 2.38. The van der Waals surface area contributed by atoms with Gasteiger partial charge in [-0.1, -0.05) is 45.0 Å². The highest BCUT2D eigenvalue weighted by molar-refractivity contribution is 5.59. The average Bonchev–Trinajstić information content (AvgIpc) is 2.67. The molecule has 0 unspecified atom stereocenters. The van der Waals surface area contributed by atoms with Crippen LogP contribution >= 0.6 is 0 Å². The van der Waals surface area contributed by atoms with Crippen molar-refractivity contribution in [3.8, 4) is 5.75 Å². The molecular formula is C22H26N4O. The van der Waals surface area contributed by atoms with Crippen molar-refractivity contribution in [1.29, 1.82) is 0 Å². The SMILES string of the molecule is COc1ccc(CNc2cc(Nc3ccc(C(C)(C)C)cc3)ncn2)cc1. The molecule has 5 nitrogen and oxygen atoms in total. The fraction of sp³-hybridized carbons (Fsp3) is 0.273. The Balaban J connectivity index is 1.62. The normalized spacial score (nSPS) is 11.1. The Hall–Kier alpha value is -3.08. The van der Waals surface area contributed by atoms with Gasteiger partial charge in [-0.2, -0.15) is 0 Å². The summed E-state index contributed by atoms with van der Waals surface area (Å²) in [6.07, 6.45) is 1.56. The molecule has 2 N–H and O–H groups in total. The third kappa shape index (κ3) is 5.20. The average molecular weight is 362 g/mol. The molecule has 0 atom stereocenters. The number of benzene rings is 2. The summed E-state index contributed by atoms with van der Waals surface area (Å²) in [5, 5.41) is 6.65. The summed E-state index contributed by atoms with van der Waals surface area (Å²) in [5.41, 5.74) is 3.61. The minimum absolute atomic E-state index is 0.145. The fourth-order valence-corrected chi connectivity index (χ4v) is 2.66. The van der Waals surface area contributed by atoms with Crippen LogP contribution in [0.3, 0.4) is 0 Å². The summed E-state index contributed by atoms with van der Waals surface area (Å²) in [4.78, 5) is 8.59. The summed E-state index contributed by atoms with van der Waals surface area (Å²) in [6.45, 7) is 7.31. The molecule has 0 aliphatic carbocycles. The molecular weight excluding hydrogens is 336 g/mol. The van der Waals surface area contributed by atoms with Crippen LogP contribution < -0.4 is 15.4 Å². The van der Waals surface area contributed by atoms with Crippen LogP contribution in [-0.4, -0.2) is 17.1 Å². The number of methoxy groups -OCH3 is 1. The first-order chi connectivity index (χ1) is 12.9. The van der Waals surface area contributed by atoms with Gasteiger partial charge in [0.25, 0.3) is 0 Å². The van der Waals surface area contributed by atoms with Crippen LogP contribution in [0.5, 0.6) is 5.75 Å². The van der Waals surface area contributed by atoms with Crippen molar-refractivity contribution in [2.75, 3.05) is 17.7 Å². The first-order valence-corrected chi connectivity index (χ1v) is 9.00. The number of anilines is 3. The van der Waals surface area contributed by atoms with Gasteiger partial charge in [-0.05, 0) is 40.8 Å². The molecule has 1 heterocycles. The van der Waals surface area contributed by atoms with Crippen LogP contribution in [0, 0.1) is 0 Å². The Labute approximate surface area is 160 Å². The molecule has 140 valence electrons. The van der Waals surface area contributed by atoms with Gasteiger partial charge < -0.3 is 15.4 Å². The van der Waals surface area contributed by atoms with Crippen molar-refractivity contribution < 1.29 is 4.74 Å². The highest BCUT2D eigenvalue weighted by Gasteiger charge is 2.12. The van der Waals surface area contributed by atoms with Crippen molar-refractivity contribution in [2.24, 2.45) is 0 Å². The molecule has 0 radical (unpaired) electrons. The fourth-order valence-electron chi connectivity index (χ4n) is 2.66. The monoisotopic (exact) mass is 362 g/mol. The van der Waals surface area contributed by atoms with Crippen LogP contribution in [0.15, 0.2) is 60.9 Å². The summed E-state index contributed by atoms with van der Waals surface area (Å²) < 4.78 is 5.18. The van der Waals surface area contributed by atoms with Crippen molar-refractivity contribution >= 4 is 17.3 Å². The van der Waals surface area contributed by atoms with Crippen LogP contribution in [0.2, 0.25) is 0 Å². The van der Waals surface area contributed by atoms with Crippen molar-refractivity contribution in [2.45, 2.75) is 32.7 Å². The molecule has 0 bridgehead atoms. The van der Waals surface area contributed by atoms with Crippen LogP contribution in [-0.2, 0) is 12.0 Å². The minimum atomic E-state index is 0.145. The molecule has 0 saturated carbocycles. The number of hydrogen-bond acceptors (Lipinski definition) is 5. The van der Waals surface area contributed by atoms with Gasteiger partial charge >= 0.3 is 0 Å². The highest BCUT2D eigenvalue weighted by Crippen LogP contribution is 2.24. The van der Waals surface area contributed by atoms with E-state index in [-0.39, 0.29) is 5.41 Å². The second-order valence-corrected chi connectivity index (χ2v) is 7.44. The molecule has 3 aromatic rings. The molecule has 0 aliphatic rings. The number of aromatic nitrogens is 2. The third-order valence-corrected chi connectivity index (χ3v) is 4.32. The number of nitrogens with one attached hydrogen (secondary N) is 2. The largest absolute Gasteiger partial charge is 0.497 e. The number of hydrogen-bond donors (Lipinski definition) is 2. The molecule has 0 saturated heterocycles. The Kier molecular flexibility index (Phi) is 5.60. The van der Waals surface area contributed by atoms with Gasteiger partial charge in [-0.3, -0.25) is 0 Å². The second kappa shape index (κ2) is 8.08. The molecule has 0 amide bonds. The summed E-state index contributed by atoms with van der Waals surface area (Å²) in [7, 11) is 1.67. The summed E-state index contributed by atoms with van der Waals surface area (Å²) >= 11 is 0.